The van der Waals surface area contributed by atoms with Crippen LogP contribution in [0.1, 0.15) is 50.3 Å². The highest BCUT2D eigenvalue weighted by atomic mass is 15.2. The third-order valence-corrected chi connectivity index (χ3v) is 4.31. The molecule has 0 bridgehead atoms. The van der Waals surface area contributed by atoms with E-state index in [-0.39, 0.29) is 0 Å². The molecule has 1 aliphatic heterocycles. The molecule has 1 aromatic carbocycles. The quantitative estimate of drug-likeness (QED) is 0.887. The van der Waals surface area contributed by atoms with Crippen molar-refractivity contribution in [3.8, 4) is 0 Å². The van der Waals surface area contributed by atoms with Crippen molar-refractivity contribution < 1.29 is 0 Å². The van der Waals surface area contributed by atoms with E-state index < -0.39 is 0 Å². The Bertz CT molecular complexity index is 361. The lowest BCUT2D eigenvalue weighted by Crippen LogP contribution is -2.48. The number of hydrogen-bond donors (Lipinski definition) is 1. The van der Waals surface area contributed by atoms with Gasteiger partial charge in [0, 0.05) is 24.7 Å². The fourth-order valence-corrected chi connectivity index (χ4v) is 3.27. The van der Waals surface area contributed by atoms with Crippen LogP contribution in [0.15, 0.2) is 24.3 Å². The normalized spacial score (nSPS) is 27.1. The summed E-state index contributed by atoms with van der Waals surface area (Å²) < 4.78 is 0. The summed E-state index contributed by atoms with van der Waals surface area (Å²) in [5.74, 6) is 0. The zero-order valence-corrected chi connectivity index (χ0v) is 11.9. The Balaban J connectivity index is 2.23. The van der Waals surface area contributed by atoms with E-state index in [9.17, 15) is 0 Å². The molecule has 1 aromatic rings. The molecule has 1 heterocycles. The fraction of sp³-hybridized carbons (Fsp3) is 0.625. The lowest BCUT2D eigenvalue weighted by molar-refractivity contribution is 0.0578. The molecule has 0 spiro atoms. The van der Waals surface area contributed by atoms with Crippen molar-refractivity contribution in [1.82, 2.24) is 4.90 Å². The number of rotatable bonds is 3. The van der Waals surface area contributed by atoms with Gasteiger partial charge in [0.25, 0.3) is 0 Å². The van der Waals surface area contributed by atoms with Crippen LogP contribution in [0, 0.1) is 6.92 Å². The molecule has 0 aliphatic carbocycles. The summed E-state index contributed by atoms with van der Waals surface area (Å²) in [6, 6.07) is 10.5. The molecule has 2 heteroatoms. The Morgan fingerprint density at radius 1 is 1.17 bits per heavy atom. The average molecular weight is 246 g/mol. The number of benzene rings is 1. The topological polar surface area (TPSA) is 29.3 Å². The number of likely N-dealkylation sites (tertiary alicyclic amines) is 1. The molecule has 0 amide bonds. The third-order valence-electron chi connectivity index (χ3n) is 4.31. The van der Waals surface area contributed by atoms with Crippen LogP contribution in [0.5, 0.6) is 0 Å². The summed E-state index contributed by atoms with van der Waals surface area (Å²) in [6.45, 7) is 7.52. The molecule has 3 atom stereocenters. The molecule has 18 heavy (non-hydrogen) atoms. The number of aryl methyl sites for hydroxylation is 1. The highest BCUT2D eigenvalue weighted by Crippen LogP contribution is 2.31. The van der Waals surface area contributed by atoms with E-state index in [1.807, 2.05) is 0 Å². The maximum absolute atomic E-state index is 6.06. The minimum Gasteiger partial charge on any atom is -0.329 e. The number of nitrogens with zero attached hydrogens (tertiary/aromatic N) is 1. The van der Waals surface area contributed by atoms with Gasteiger partial charge in [0.1, 0.15) is 0 Å². The van der Waals surface area contributed by atoms with E-state index >= 15 is 0 Å². The lowest BCUT2D eigenvalue weighted by atomic mass is 9.92. The second-order valence-corrected chi connectivity index (χ2v) is 5.74. The molecule has 0 saturated carbocycles. The van der Waals surface area contributed by atoms with Gasteiger partial charge in [-0.15, -0.1) is 0 Å². The number of piperidine rings is 1. The van der Waals surface area contributed by atoms with Crippen LogP contribution < -0.4 is 5.73 Å². The number of nitrogens with two attached hydrogens (primary N) is 1. The second-order valence-electron chi connectivity index (χ2n) is 5.74. The van der Waals surface area contributed by atoms with Crippen LogP contribution in [0.4, 0.5) is 0 Å². The summed E-state index contributed by atoms with van der Waals surface area (Å²) in [5, 5.41) is 0. The van der Waals surface area contributed by atoms with Crippen molar-refractivity contribution in [2.75, 3.05) is 6.54 Å². The summed E-state index contributed by atoms with van der Waals surface area (Å²) in [5.41, 5.74) is 8.74. The minimum atomic E-state index is 0.371. The maximum Gasteiger partial charge on any atom is 0.0476 e. The van der Waals surface area contributed by atoms with Gasteiger partial charge in [-0.2, -0.15) is 0 Å². The fourth-order valence-electron chi connectivity index (χ4n) is 3.27. The van der Waals surface area contributed by atoms with Crippen molar-refractivity contribution in [2.24, 2.45) is 5.73 Å². The van der Waals surface area contributed by atoms with E-state index in [1.54, 1.807) is 0 Å². The summed E-state index contributed by atoms with van der Waals surface area (Å²) in [7, 11) is 0. The predicted molar refractivity (Wildman–Crippen MR) is 77.6 cm³/mol. The van der Waals surface area contributed by atoms with E-state index in [0.29, 0.717) is 24.7 Å². The van der Waals surface area contributed by atoms with Gasteiger partial charge in [-0.3, -0.25) is 4.90 Å². The SMILES string of the molecule is Cc1ccc(C(CN)N2[C@H](C)CCC[C@@H]2C)cc1. The summed E-state index contributed by atoms with van der Waals surface area (Å²) in [4.78, 5) is 2.62. The first-order valence-corrected chi connectivity index (χ1v) is 7.17. The van der Waals surface area contributed by atoms with Crippen molar-refractivity contribution in [2.45, 2.75) is 58.2 Å². The molecule has 2 N–H and O–H groups in total. The van der Waals surface area contributed by atoms with E-state index in [4.69, 9.17) is 5.73 Å². The first kappa shape index (κ1) is 13.6. The second kappa shape index (κ2) is 5.85. The Labute approximate surface area is 111 Å². The van der Waals surface area contributed by atoms with Crippen LogP contribution in [0.3, 0.4) is 0 Å². The van der Waals surface area contributed by atoms with Crippen LogP contribution in [-0.4, -0.2) is 23.5 Å². The molecule has 1 fully saturated rings. The van der Waals surface area contributed by atoms with Gasteiger partial charge >= 0.3 is 0 Å². The van der Waals surface area contributed by atoms with E-state index in [2.05, 4.69) is 49.9 Å². The Morgan fingerprint density at radius 2 is 1.72 bits per heavy atom. The van der Waals surface area contributed by atoms with Gasteiger partial charge in [0.2, 0.25) is 0 Å². The van der Waals surface area contributed by atoms with Crippen molar-refractivity contribution >= 4 is 0 Å². The van der Waals surface area contributed by atoms with Gasteiger partial charge in [-0.25, -0.2) is 0 Å². The molecule has 100 valence electrons. The van der Waals surface area contributed by atoms with Crippen LogP contribution >= 0.6 is 0 Å². The highest BCUT2D eigenvalue weighted by Gasteiger charge is 2.30. The Hall–Kier alpha value is -0.860. The molecule has 1 aliphatic rings. The van der Waals surface area contributed by atoms with Gasteiger partial charge in [-0.1, -0.05) is 36.2 Å². The first-order valence-electron chi connectivity index (χ1n) is 7.17. The van der Waals surface area contributed by atoms with E-state index in [1.165, 1.54) is 30.4 Å². The van der Waals surface area contributed by atoms with Crippen LogP contribution in [0.25, 0.3) is 0 Å². The van der Waals surface area contributed by atoms with Crippen molar-refractivity contribution in [3.63, 3.8) is 0 Å². The van der Waals surface area contributed by atoms with Crippen molar-refractivity contribution in [3.05, 3.63) is 35.4 Å². The van der Waals surface area contributed by atoms with Crippen LogP contribution in [0.2, 0.25) is 0 Å². The first-order chi connectivity index (χ1) is 8.63. The van der Waals surface area contributed by atoms with Gasteiger partial charge in [0.15, 0.2) is 0 Å². The lowest BCUT2D eigenvalue weighted by Gasteiger charge is -2.44. The molecule has 0 aromatic heterocycles. The Morgan fingerprint density at radius 3 is 2.22 bits per heavy atom. The highest BCUT2D eigenvalue weighted by molar-refractivity contribution is 5.25. The van der Waals surface area contributed by atoms with E-state index in [0.717, 1.165) is 0 Å². The molecule has 1 saturated heterocycles. The Kier molecular flexibility index (Phi) is 4.41. The van der Waals surface area contributed by atoms with Crippen molar-refractivity contribution in [1.29, 1.82) is 0 Å². The zero-order valence-electron chi connectivity index (χ0n) is 11.9. The standard InChI is InChI=1S/C16H26N2/c1-12-7-9-15(10-8-12)16(11-17)18-13(2)5-4-6-14(18)3/h7-10,13-14,16H,4-6,11,17H2,1-3H3/t13-,14+,16?. The summed E-state index contributed by atoms with van der Waals surface area (Å²) >= 11 is 0. The third kappa shape index (κ3) is 2.76. The summed E-state index contributed by atoms with van der Waals surface area (Å²) in [6.07, 6.45) is 3.95. The van der Waals surface area contributed by atoms with Gasteiger partial charge in [-0.05, 0) is 39.2 Å². The molecular weight excluding hydrogens is 220 g/mol. The predicted octanol–water partition coefficient (Wildman–Crippen LogP) is 3.26. The molecule has 2 nitrogen and oxygen atoms in total. The monoisotopic (exact) mass is 246 g/mol. The zero-order chi connectivity index (χ0) is 13.1. The molecule has 1 unspecified atom stereocenters. The van der Waals surface area contributed by atoms with Gasteiger partial charge in [0.05, 0.1) is 0 Å². The molecular formula is C16H26N2. The number of hydrogen-bond acceptors (Lipinski definition) is 2. The average Bonchev–Trinajstić information content (AvgIpc) is 2.35. The smallest absolute Gasteiger partial charge is 0.0476 e. The minimum absolute atomic E-state index is 0.371. The van der Waals surface area contributed by atoms with Gasteiger partial charge < -0.3 is 5.73 Å². The largest absolute Gasteiger partial charge is 0.329 e. The van der Waals surface area contributed by atoms with Crippen LogP contribution in [-0.2, 0) is 0 Å². The maximum atomic E-state index is 6.06. The molecule has 2 rings (SSSR count). The molecule has 0 radical (unpaired) electrons.